The highest BCUT2D eigenvalue weighted by Crippen LogP contribution is 2.43. The molecular weight excluding hydrogens is 317 g/mol. The van der Waals surface area contributed by atoms with Crippen LogP contribution in [0, 0.1) is 6.92 Å². The lowest BCUT2D eigenvalue weighted by Gasteiger charge is -2.35. The predicted molar refractivity (Wildman–Crippen MR) is 88.2 cm³/mol. The van der Waals surface area contributed by atoms with Crippen LogP contribution >= 0.6 is 23.2 Å². The second-order valence-electron chi connectivity index (χ2n) is 6.19. The molecule has 2 bridgehead atoms. The van der Waals surface area contributed by atoms with Crippen molar-refractivity contribution in [1.29, 1.82) is 0 Å². The summed E-state index contributed by atoms with van der Waals surface area (Å²) >= 11 is 12.2. The third-order valence-electron chi connectivity index (χ3n) is 4.80. The fraction of sp³-hybridized carbons (Fsp3) is 0.412. The summed E-state index contributed by atoms with van der Waals surface area (Å²) in [6.45, 7) is 2.86. The van der Waals surface area contributed by atoms with E-state index in [2.05, 4.69) is 20.9 Å². The van der Waals surface area contributed by atoms with Gasteiger partial charge in [0.15, 0.2) is 0 Å². The van der Waals surface area contributed by atoms with Crippen LogP contribution in [0.4, 0.5) is 0 Å². The lowest BCUT2D eigenvalue weighted by Crippen LogP contribution is -2.37. The summed E-state index contributed by atoms with van der Waals surface area (Å²) in [6.07, 6.45) is 5.45. The number of rotatable bonds is 2. The quantitative estimate of drug-likeness (QED) is 0.817. The largest absolute Gasteiger partial charge is 0.289 e. The molecule has 0 saturated carbocycles. The molecule has 3 nitrogen and oxygen atoms in total. The third-order valence-corrected chi connectivity index (χ3v) is 5.54. The van der Waals surface area contributed by atoms with Crippen LogP contribution in [0.15, 0.2) is 24.4 Å². The van der Waals surface area contributed by atoms with E-state index < -0.39 is 0 Å². The minimum absolute atomic E-state index is 0.434. The van der Waals surface area contributed by atoms with Gasteiger partial charge in [0.1, 0.15) is 5.82 Å². The lowest BCUT2D eigenvalue weighted by molar-refractivity contribution is 0.166. The summed E-state index contributed by atoms with van der Waals surface area (Å²) in [5.41, 5.74) is 3.76. The van der Waals surface area contributed by atoms with Crippen LogP contribution in [-0.2, 0) is 13.0 Å². The zero-order valence-corrected chi connectivity index (χ0v) is 13.9. The van der Waals surface area contributed by atoms with Crippen molar-refractivity contribution in [3.8, 4) is 0 Å². The molecule has 22 heavy (non-hydrogen) atoms. The van der Waals surface area contributed by atoms with E-state index in [4.69, 9.17) is 23.2 Å². The topological polar surface area (TPSA) is 29.0 Å². The predicted octanol–water partition coefficient (Wildman–Crippen LogP) is 4.35. The molecule has 114 valence electrons. The first-order valence-corrected chi connectivity index (χ1v) is 8.39. The van der Waals surface area contributed by atoms with E-state index >= 15 is 0 Å². The Morgan fingerprint density at radius 3 is 2.91 bits per heavy atom. The number of fused-ring (bicyclic) bond motifs is 4. The van der Waals surface area contributed by atoms with Gasteiger partial charge in [-0.05, 0) is 37.5 Å². The summed E-state index contributed by atoms with van der Waals surface area (Å²) in [5, 5.41) is 1.24. The van der Waals surface area contributed by atoms with Crippen LogP contribution in [0.25, 0.3) is 0 Å². The molecule has 1 saturated heterocycles. The van der Waals surface area contributed by atoms with Crippen molar-refractivity contribution in [2.45, 2.75) is 44.8 Å². The molecule has 1 fully saturated rings. The summed E-state index contributed by atoms with van der Waals surface area (Å²) in [6, 6.07) is 6.93. The number of hydrogen-bond donors (Lipinski definition) is 0. The molecule has 0 amide bonds. The Morgan fingerprint density at radius 1 is 1.23 bits per heavy atom. The fourth-order valence-corrected chi connectivity index (χ4v) is 4.09. The molecule has 0 N–H and O–H groups in total. The Bertz CT molecular complexity index is 732. The first kappa shape index (κ1) is 14.4. The standard InChI is InChI=1S/C17H17Cl2N3/c1-10-20-8-13-16(21-10)7-12-3-5-17(13)22(12)9-11-2-4-14(18)15(19)6-11/h2,4,6,8,12,17H,3,5,7,9H2,1H3/t12-,17-/m0/s1. The summed E-state index contributed by atoms with van der Waals surface area (Å²) < 4.78 is 0. The van der Waals surface area contributed by atoms with E-state index in [0.29, 0.717) is 22.1 Å². The zero-order chi connectivity index (χ0) is 15.3. The molecule has 1 aromatic heterocycles. The first-order valence-electron chi connectivity index (χ1n) is 7.64. The van der Waals surface area contributed by atoms with Crippen LogP contribution < -0.4 is 0 Å². The normalized spacial score (nSPS) is 23.6. The van der Waals surface area contributed by atoms with Gasteiger partial charge in [-0.25, -0.2) is 9.97 Å². The number of nitrogens with zero attached hydrogens (tertiary/aromatic N) is 3. The van der Waals surface area contributed by atoms with Gasteiger partial charge in [-0.3, -0.25) is 4.90 Å². The molecule has 2 aliphatic rings. The van der Waals surface area contributed by atoms with Gasteiger partial charge in [-0.2, -0.15) is 0 Å². The van der Waals surface area contributed by atoms with Crippen LogP contribution in [0.3, 0.4) is 0 Å². The number of aromatic nitrogens is 2. The van der Waals surface area contributed by atoms with E-state index in [-0.39, 0.29) is 0 Å². The van der Waals surface area contributed by atoms with Gasteiger partial charge in [0, 0.05) is 36.8 Å². The maximum absolute atomic E-state index is 6.15. The average Bonchev–Trinajstić information content (AvgIpc) is 2.76. The molecule has 5 heteroatoms. The van der Waals surface area contributed by atoms with E-state index in [1.165, 1.54) is 29.7 Å². The molecular formula is C17H17Cl2N3. The second-order valence-corrected chi connectivity index (χ2v) is 7.01. The van der Waals surface area contributed by atoms with E-state index in [1.54, 1.807) is 0 Å². The monoisotopic (exact) mass is 333 g/mol. The van der Waals surface area contributed by atoms with Crippen molar-refractivity contribution in [3.05, 3.63) is 57.1 Å². The van der Waals surface area contributed by atoms with Gasteiger partial charge in [0.05, 0.1) is 15.7 Å². The molecule has 4 rings (SSSR count). The Morgan fingerprint density at radius 2 is 2.09 bits per heavy atom. The van der Waals surface area contributed by atoms with Gasteiger partial charge < -0.3 is 0 Å². The highest BCUT2D eigenvalue weighted by Gasteiger charge is 2.40. The van der Waals surface area contributed by atoms with E-state index in [9.17, 15) is 0 Å². The average molecular weight is 334 g/mol. The van der Waals surface area contributed by atoms with Crippen LogP contribution in [0.5, 0.6) is 0 Å². The van der Waals surface area contributed by atoms with E-state index in [1.807, 2.05) is 25.3 Å². The number of benzene rings is 1. The first-order chi connectivity index (χ1) is 10.6. The molecule has 2 atom stereocenters. The summed E-state index contributed by atoms with van der Waals surface area (Å²) in [7, 11) is 0. The third kappa shape index (κ3) is 2.41. The minimum Gasteiger partial charge on any atom is -0.289 e. The summed E-state index contributed by atoms with van der Waals surface area (Å²) in [4.78, 5) is 11.6. The molecule has 0 unspecified atom stereocenters. The van der Waals surface area contributed by atoms with Gasteiger partial charge >= 0.3 is 0 Å². The van der Waals surface area contributed by atoms with Gasteiger partial charge in [0.2, 0.25) is 0 Å². The van der Waals surface area contributed by atoms with Crippen molar-refractivity contribution in [2.24, 2.45) is 0 Å². The molecule has 2 aliphatic heterocycles. The maximum Gasteiger partial charge on any atom is 0.125 e. The highest BCUT2D eigenvalue weighted by atomic mass is 35.5. The number of halogens is 2. The van der Waals surface area contributed by atoms with Crippen molar-refractivity contribution in [2.75, 3.05) is 0 Å². The van der Waals surface area contributed by atoms with Gasteiger partial charge in [-0.15, -0.1) is 0 Å². The Hall–Kier alpha value is -1.16. The van der Waals surface area contributed by atoms with Crippen LogP contribution in [-0.4, -0.2) is 20.9 Å². The Kier molecular flexibility index (Phi) is 3.60. The SMILES string of the molecule is Cc1ncc2c(n1)C[C@@H]1CC[C@@H]2N1Cc1ccc(Cl)c(Cl)c1. The molecule has 3 heterocycles. The molecule has 0 spiro atoms. The van der Waals surface area contributed by atoms with Gasteiger partial charge in [-0.1, -0.05) is 29.3 Å². The van der Waals surface area contributed by atoms with Crippen LogP contribution in [0.1, 0.15) is 41.5 Å². The number of hydrogen-bond acceptors (Lipinski definition) is 3. The maximum atomic E-state index is 6.15. The van der Waals surface area contributed by atoms with Crippen molar-refractivity contribution in [1.82, 2.24) is 14.9 Å². The van der Waals surface area contributed by atoms with Crippen molar-refractivity contribution < 1.29 is 0 Å². The van der Waals surface area contributed by atoms with E-state index in [0.717, 1.165) is 18.8 Å². The Labute approximate surface area is 140 Å². The van der Waals surface area contributed by atoms with Gasteiger partial charge in [0.25, 0.3) is 0 Å². The molecule has 0 aliphatic carbocycles. The fourth-order valence-electron chi connectivity index (χ4n) is 3.77. The molecule has 1 aromatic carbocycles. The zero-order valence-electron chi connectivity index (χ0n) is 12.4. The smallest absolute Gasteiger partial charge is 0.125 e. The van der Waals surface area contributed by atoms with Crippen LogP contribution in [0.2, 0.25) is 10.0 Å². The lowest BCUT2D eigenvalue weighted by atomic mass is 9.98. The summed E-state index contributed by atoms with van der Waals surface area (Å²) in [5.74, 6) is 0.871. The Balaban J connectivity index is 1.64. The minimum atomic E-state index is 0.434. The van der Waals surface area contributed by atoms with Crippen molar-refractivity contribution in [3.63, 3.8) is 0 Å². The second kappa shape index (κ2) is 5.48. The van der Waals surface area contributed by atoms with Crippen molar-refractivity contribution >= 4 is 23.2 Å². The molecule has 0 radical (unpaired) electrons. The number of aryl methyl sites for hydroxylation is 1. The molecule has 2 aromatic rings. The highest BCUT2D eigenvalue weighted by molar-refractivity contribution is 6.42.